The fourth-order valence-corrected chi connectivity index (χ4v) is 8.94. The molecule has 1 aliphatic heterocycles. The van der Waals surface area contributed by atoms with E-state index in [9.17, 15) is 0 Å². The molecular formula is C49H55N3O. The molecule has 1 fully saturated rings. The van der Waals surface area contributed by atoms with Crippen LogP contribution in [0.25, 0.3) is 49.9 Å². The predicted octanol–water partition coefficient (Wildman–Crippen LogP) is 13.1. The molecule has 4 heteroatoms. The third-order valence-corrected chi connectivity index (χ3v) is 12.0. The standard InChI is InChI=1S/C49H55N3O/c1-30(2)39-15-12-16-40(31(3)4)46(39)34-24-35(47-51-49(9,29-53-47)36-13-10-11-14-36)26-38(25-34)52-44-20-17-32(5)23-42(44)41-19-18-33(27-45(41)52)43-28-37(21-22-50-43)48(6,7)8/h12,15-28,30-31,36H,10-11,13-14,29H2,1-9H3/t49-/m0/s1. The summed E-state index contributed by atoms with van der Waals surface area (Å²) in [4.78, 5) is 10.3. The largest absolute Gasteiger partial charge is 0.475 e. The molecule has 0 unspecified atom stereocenters. The van der Waals surface area contributed by atoms with Gasteiger partial charge in [0.25, 0.3) is 0 Å². The molecule has 272 valence electrons. The molecule has 8 rings (SSSR count). The van der Waals surface area contributed by atoms with Crippen molar-refractivity contribution in [3.63, 3.8) is 0 Å². The Morgan fingerprint density at radius 3 is 2.17 bits per heavy atom. The number of ether oxygens (including phenoxy) is 1. The molecule has 0 saturated heterocycles. The predicted molar refractivity (Wildman–Crippen MR) is 224 cm³/mol. The quantitative estimate of drug-likeness (QED) is 0.166. The Hall–Kier alpha value is -4.70. The van der Waals surface area contributed by atoms with E-state index in [0.717, 1.165) is 28.4 Å². The molecule has 1 atom stereocenters. The normalized spacial score (nSPS) is 18.1. The van der Waals surface area contributed by atoms with Gasteiger partial charge in [0.2, 0.25) is 5.90 Å². The number of aromatic nitrogens is 2. The first kappa shape index (κ1) is 35.3. The van der Waals surface area contributed by atoms with Crippen molar-refractivity contribution < 1.29 is 4.74 Å². The molecule has 0 amide bonds. The fourth-order valence-electron chi connectivity index (χ4n) is 8.94. The van der Waals surface area contributed by atoms with Crippen LogP contribution in [0.1, 0.15) is 121 Å². The number of pyridine rings is 1. The number of rotatable bonds is 7. The van der Waals surface area contributed by atoms with Gasteiger partial charge < -0.3 is 9.30 Å². The summed E-state index contributed by atoms with van der Waals surface area (Å²) >= 11 is 0. The molecule has 0 N–H and O–H groups in total. The van der Waals surface area contributed by atoms with Gasteiger partial charge in [-0.25, -0.2) is 4.99 Å². The summed E-state index contributed by atoms with van der Waals surface area (Å²) < 4.78 is 9.09. The van der Waals surface area contributed by atoms with Crippen LogP contribution < -0.4 is 0 Å². The Morgan fingerprint density at radius 1 is 0.755 bits per heavy atom. The second kappa shape index (κ2) is 13.3. The maximum Gasteiger partial charge on any atom is 0.216 e. The number of aryl methyl sites for hydroxylation is 1. The molecular weight excluding hydrogens is 647 g/mol. The van der Waals surface area contributed by atoms with E-state index in [1.54, 1.807) is 0 Å². The fraction of sp³-hybridized carbons (Fsp3) is 0.388. The van der Waals surface area contributed by atoms with Crippen LogP contribution in [-0.4, -0.2) is 27.6 Å². The smallest absolute Gasteiger partial charge is 0.216 e. The van der Waals surface area contributed by atoms with Crippen LogP contribution in [0.4, 0.5) is 0 Å². The van der Waals surface area contributed by atoms with E-state index in [0.29, 0.717) is 24.4 Å². The molecule has 6 aromatic rings. The van der Waals surface area contributed by atoms with Crippen molar-refractivity contribution in [3.8, 4) is 28.1 Å². The summed E-state index contributed by atoms with van der Waals surface area (Å²) in [5.41, 5.74) is 14.3. The van der Waals surface area contributed by atoms with Crippen LogP contribution >= 0.6 is 0 Å². The first-order valence-corrected chi connectivity index (χ1v) is 19.8. The lowest BCUT2D eigenvalue weighted by Crippen LogP contribution is -2.32. The van der Waals surface area contributed by atoms with Crippen LogP contribution in [-0.2, 0) is 10.2 Å². The van der Waals surface area contributed by atoms with Crippen molar-refractivity contribution in [2.75, 3.05) is 6.61 Å². The number of fused-ring (bicyclic) bond motifs is 3. The van der Waals surface area contributed by atoms with Gasteiger partial charge in [0, 0.05) is 33.8 Å². The van der Waals surface area contributed by atoms with Crippen molar-refractivity contribution in [3.05, 3.63) is 119 Å². The van der Waals surface area contributed by atoms with Crippen molar-refractivity contribution in [2.45, 2.75) is 111 Å². The van der Waals surface area contributed by atoms with E-state index in [-0.39, 0.29) is 11.0 Å². The Kier molecular flexibility index (Phi) is 8.87. The zero-order valence-corrected chi connectivity index (χ0v) is 33.2. The van der Waals surface area contributed by atoms with Crippen molar-refractivity contribution in [1.82, 2.24) is 9.55 Å². The van der Waals surface area contributed by atoms with E-state index < -0.39 is 0 Å². The molecule has 1 saturated carbocycles. The maximum atomic E-state index is 6.62. The molecule has 0 radical (unpaired) electrons. The average molecular weight is 702 g/mol. The van der Waals surface area contributed by atoms with Gasteiger partial charge in [0.05, 0.1) is 22.3 Å². The molecule has 4 aromatic carbocycles. The molecule has 0 spiro atoms. The van der Waals surface area contributed by atoms with Crippen molar-refractivity contribution >= 4 is 27.7 Å². The van der Waals surface area contributed by atoms with E-state index >= 15 is 0 Å². The average Bonchev–Trinajstić information content (AvgIpc) is 3.89. The first-order valence-electron chi connectivity index (χ1n) is 19.8. The molecule has 1 aliphatic carbocycles. The Bertz CT molecular complexity index is 2350. The number of nitrogens with zero attached hydrogens (tertiary/aromatic N) is 3. The molecule has 53 heavy (non-hydrogen) atoms. The summed E-state index contributed by atoms with van der Waals surface area (Å²) in [5, 5.41) is 2.49. The second-order valence-corrected chi connectivity index (χ2v) is 17.7. The lowest BCUT2D eigenvalue weighted by atomic mass is 9.84. The minimum absolute atomic E-state index is 0.0328. The Morgan fingerprint density at radius 2 is 1.47 bits per heavy atom. The van der Waals surface area contributed by atoms with E-state index in [1.807, 2.05) is 6.20 Å². The van der Waals surface area contributed by atoms with Crippen molar-refractivity contribution in [1.29, 1.82) is 0 Å². The van der Waals surface area contributed by atoms with E-state index in [4.69, 9.17) is 14.7 Å². The minimum atomic E-state index is -0.186. The second-order valence-electron chi connectivity index (χ2n) is 17.7. The highest BCUT2D eigenvalue weighted by Crippen LogP contribution is 2.43. The summed E-state index contributed by atoms with van der Waals surface area (Å²) in [7, 11) is 0. The maximum absolute atomic E-state index is 6.62. The summed E-state index contributed by atoms with van der Waals surface area (Å²) in [6.07, 6.45) is 7.00. The third kappa shape index (κ3) is 6.38. The molecule has 2 aliphatic rings. The van der Waals surface area contributed by atoms with Gasteiger partial charge in [0.15, 0.2) is 0 Å². The number of hydrogen-bond acceptors (Lipinski definition) is 3. The van der Waals surface area contributed by atoms with Gasteiger partial charge in [-0.3, -0.25) is 4.98 Å². The van der Waals surface area contributed by atoms with Gasteiger partial charge in [-0.1, -0.05) is 103 Å². The van der Waals surface area contributed by atoms with Gasteiger partial charge in [-0.15, -0.1) is 0 Å². The highest BCUT2D eigenvalue weighted by atomic mass is 16.5. The van der Waals surface area contributed by atoms with Crippen LogP contribution in [0, 0.1) is 12.8 Å². The summed E-state index contributed by atoms with van der Waals surface area (Å²) in [6.45, 7) is 21.2. The van der Waals surface area contributed by atoms with Crippen LogP contribution in [0.5, 0.6) is 0 Å². The highest BCUT2D eigenvalue weighted by molar-refractivity contribution is 6.10. The zero-order chi connectivity index (χ0) is 37.2. The Labute approximate surface area is 316 Å². The zero-order valence-electron chi connectivity index (χ0n) is 33.2. The SMILES string of the molecule is Cc1ccc2c(c1)c1ccc(-c3cc(C(C)(C)C)ccn3)cc1n2-c1cc(C2=N[C@](C)(C3CCCC3)CO2)cc(-c2c(C(C)C)cccc2C(C)C)c1. The molecule has 2 aromatic heterocycles. The van der Waals surface area contributed by atoms with Gasteiger partial charge in [-0.2, -0.15) is 0 Å². The molecule has 0 bridgehead atoms. The van der Waals surface area contributed by atoms with Crippen LogP contribution in [0.3, 0.4) is 0 Å². The van der Waals surface area contributed by atoms with Gasteiger partial charge in [0.1, 0.15) is 6.61 Å². The monoisotopic (exact) mass is 701 g/mol. The summed E-state index contributed by atoms with van der Waals surface area (Å²) in [5.74, 6) is 2.09. The van der Waals surface area contributed by atoms with E-state index in [1.165, 1.54) is 80.9 Å². The highest BCUT2D eigenvalue weighted by Gasteiger charge is 2.41. The lowest BCUT2D eigenvalue weighted by Gasteiger charge is -2.25. The number of hydrogen-bond donors (Lipinski definition) is 0. The Balaban J connectivity index is 1.41. The minimum Gasteiger partial charge on any atom is -0.475 e. The van der Waals surface area contributed by atoms with E-state index in [2.05, 4.69) is 152 Å². The van der Waals surface area contributed by atoms with Crippen LogP contribution in [0.15, 0.2) is 96.1 Å². The van der Waals surface area contributed by atoms with Crippen LogP contribution in [0.2, 0.25) is 0 Å². The first-order chi connectivity index (χ1) is 25.3. The van der Waals surface area contributed by atoms with Gasteiger partial charge >= 0.3 is 0 Å². The molecule has 3 heterocycles. The number of benzene rings is 4. The van der Waals surface area contributed by atoms with Gasteiger partial charge in [-0.05, 0) is 126 Å². The number of aliphatic imine (C=N–C) groups is 1. The third-order valence-electron chi connectivity index (χ3n) is 12.0. The molecule has 4 nitrogen and oxygen atoms in total. The summed E-state index contributed by atoms with van der Waals surface area (Å²) in [6, 6.07) is 32.1. The lowest BCUT2D eigenvalue weighted by molar-refractivity contribution is 0.207. The van der Waals surface area contributed by atoms with Crippen molar-refractivity contribution in [2.24, 2.45) is 10.9 Å². The topological polar surface area (TPSA) is 39.4 Å².